The monoisotopic (exact) mass is 231 g/mol. The smallest absolute Gasteiger partial charge is 0.211 e. The molecule has 1 aliphatic carbocycles. The molecule has 4 nitrogen and oxygen atoms in total. The number of anilines is 2. The summed E-state index contributed by atoms with van der Waals surface area (Å²) < 4.78 is 0. The van der Waals surface area contributed by atoms with Gasteiger partial charge >= 0.3 is 0 Å². The number of hydrogen-bond acceptors (Lipinski definition) is 3. The number of hydrogen-bond donors (Lipinski definition) is 1. The van der Waals surface area contributed by atoms with Crippen LogP contribution in [0.25, 0.3) is 0 Å². The summed E-state index contributed by atoms with van der Waals surface area (Å²) >= 11 is 0. The molecule has 0 aromatic carbocycles. The zero-order valence-corrected chi connectivity index (χ0v) is 9.80. The highest BCUT2D eigenvalue weighted by Crippen LogP contribution is 2.39. The number of rotatable bonds is 3. The first kappa shape index (κ1) is 10.6. The van der Waals surface area contributed by atoms with E-state index in [9.17, 15) is 4.79 Å². The van der Waals surface area contributed by atoms with E-state index < -0.39 is 0 Å². The van der Waals surface area contributed by atoms with E-state index in [2.05, 4.69) is 15.2 Å². The van der Waals surface area contributed by atoms with E-state index in [0.29, 0.717) is 6.41 Å². The molecule has 90 valence electrons. The lowest BCUT2D eigenvalue weighted by Crippen LogP contribution is -2.21. The summed E-state index contributed by atoms with van der Waals surface area (Å²) in [5.74, 6) is 2.80. The van der Waals surface area contributed by atoms with Gasteiger partial charge in [-0.05, 0) is 36.8 Å². The van der Waals surface area contributed by atoms with Gasteiger partial charge in [-0.15, -0.1) is 0 Å². The van der Waals surface area contributed by atoms with Crippen LogP contribution < -0.4 is 10.2 Å². The molecule has 4 heteroatoms. The number of carbonyl (C=O) groups is 1. The second-order valence-electron chi connectivity index (χ2n) is 5.02. The zero-order valence-electron chi connectivity index (χ0n) is 9.80. The molecule has 0 spiro atoms. The molecule has 1 aromatic rings. The Bertz CT molecular complexity index is 392. The van der Waals surface area contributed by atoms with Gasteiger partial charge in [-0.2, -0.15) is 0 Å². The molecule has 0 bridgehead atoms. The molecule has 17 heavy (non-hydrogen) atoms. The average Bonchev–Trinajstić information content (AvgIpc) is 2.90. The maximum absolute atomic E-state index is 10.3. The van der Waals surface area contributed by atoms with Gasteiger partial charge in [0, 0.05) is 13.1 Å². The summed E-state index contributed by atoms with van der Waals surface area (Å²) in [6.07, 6.45) is 6.56. The molecule has 2 fully saturated rings. The van der Waals surface area contributed by atoms with Crippen molar-refractivity contribution in [1.29, 1.82) is 0 Å². The van der Waals surface area contributed by atoms with Crippen molar-refractivity contribution in [3.05, 3.63) is 18.3 Å². The topological polar surface area (TPSA) is 45.2 Å². The molecule has 2 heterocycles. The summed E-state index contributed by atoms with van der Waals surface area (Å²) in [5, 5.41) is 2.60. The summed E-state index contributed by atoms with van der Waals surface area (Å²) in [4.78, 5) is 17.1. The van der Waals surface area contributed by atoms with Gasteiger partial charge in [-0.3, -0.25) is 4.79 Å². The fraction of sp³-hybridized carbons (Fsp3) is 0.538. The van der Waals surface area contributed by atoms with Gasteiger partial charge in [0.05, 0.1) is 11.9 Å². The van der Waals surface area contributed by atoms with Crippen molar-refractivity contribution in [3.63, 3.8) is 0 Å². The van der Waals surface area contributed by atoms with Crippen LogP contribution in [-0.2, 0) is 4.79 Å². The first-order chi connectivity index (χ1) is 8.36. The average molecular weight is 231 g/mol. The predicted octanol–water partition coefficient (Wildman–Crippen LogP) is 1.89. The summed E-state index contributed by atoms with van der Waals surface area (Å²) in [7, 11) is 0. The summed E-state index contributed by atoms with van der Waals surface area (Å²) in [5.41, 5.74) is 0.753. The number of nitrogens with zero attached hydrogens (tertiary/aromatic N) is 2. The van der Waals surface area contributed by atoms with Crippen LogP contribution in [0.2, 0.25) is 0 Å². The molecule has 3 rings (SSSR count). The van der Waals surface area contributed by atoms with Crippen molar-refractivity contribution >= 4 is 17.9 Å². The highest BCUT2D eigenvalue weighted by Gasteiger charge is 2.36. The fourth-order valence-electron chi connectivity index (χ4n) is 3.15. The van der Waals surface area contributed by atoms with Crippen molar-refractivity contribution in [2.24, 2.45) is 11.8 Å². The third-order valence-electron chi connectivity index (χ3n) is 4.02. The third kappa shape index (κ3) is 1.99. The van der Waals surface area contributed by atoms with Crippen molar-refractivity contribution in [2.45, 2.75) is 19.3 Å². The lowest BCUT2D eigenvalue weighted by molar-refractivity contribution is -0.105. The lowest BCUT2D eigenvalue weighted by atomic mass is 10.0. The Kier molecular flexibility index (Phi) is 2.71. The lowest BCUT2D eigenvalue weighted by Gasteiger charge is -2.18. The molecule has 0 radical (unpaired) electrons. The second kappa shape index (κ2) is 4.35. The molecular weight excluding hydrogens is 214 g/mol. The van der Waals surface area contributed by atoms with Crippen LogP contribution in [0, 0.1) is 11.8 Å². The predicted molar refractivity (Wildman–Crippen MR) is 67.0 cm³/mol. The number of amides is 1. The Balaban J connectivity index is 1.70. The largest absolute Gasteiger partial charge is 0.356 e. The van der Waals surface area contributed by atoms with Gasteiger partial charge < -0.3 is 10.2 Å². The normalized spacial score (nSPS) is 26.9. The third-order valence-corrected chi connectivity index (χ3v) is 4.02. The highest BCUT2D eigenvalue weighted by molar-refractivity contribution is 5.71. The van der Waals surface area contributed by atoms with Gasteiger partial charge in [-0.1, -0.05) is 6.42 Å². The Morgan fingerprint density at radius 2 is 2.06 bits per heavy atom. The fourth-order valence-corrected chi connectivity index (χ4v) is 3.15. The summed E-state index contributed by atoms with van der Waals surface area (Å²) in [6.45, 7) is 2.30. The molecule has 1 N–H and O–H groups in total. The minimum Gasteiger partial charge on any atom is -0.356 e. The number of fused-ring (bicyclic) bond motifs is 1. The Morgan fingerprint density at radius 1 is 1.29 bits per heavy atom. The van der Waals surface area contributed by atoms with E-state index >= 15 is 0 Å². The van der Waals surface area contributed by atoms with Crippen LogP contribution in [0.15, 0.2) is 18.3 Å². The molecule has 1 saturated heterocycles. The Hall–Kier alpha value is -1.58. The Labute approximate surface area is 101 Å². The number of aromatic nitrogens is 1. The first-order valence-electron chi connectivity index (χ1n) is 6.28. The maximum atomic E-state index is 10.3. The van der Waals surface area contributed by atoms with E-state index in [1.807, 2.05) is 12.1 Å². The van der Waals surface area contributed by atoms with Crippen molar-refractivity contribution < 1.29 is 4.79 Å². The van der Waals surface area contributed by atoms with Crippen LogP contribution >= 0.6 is 0 Å². The molecule has 2 atom stereocenters. The molecule has 2 unspecified atom stereocenters. The molecule has 2 aliphatic rings. The van der Waals surface area contributed by atoms with Crippen molar-refractivity contribution in [1.82, 2.24) is 4.98 Å². The van der Waals surface area contributed by atoms with Crippen LogP contribution in [-0.4, -0.2) is 24.5 Å². The molecular formula is C13H17N3O. The van der Waals surface area contributed by atoms with Gasteiger partial charge in [0.2, 0.25) is 6.41 Å². The SMILES string of the molecule is O=CNc1ccc(N2CC3CCCC3C2)nc1. The molecule has 1 aromatic heterocycles. The van der Waals surface area contributed by atoms with E-state index in [0.717, 1.165) is 36.4 Å². The van der Waals surface area contributed by atoms with Crippen molar-refractivity contribution in [2.75, 3.05) is 23.3 Å². The van der Waals surface area contributed by atoms with Crippen LogP contribution in [0.4, 0.5) is 11.5 Å². The van der Waals surface area contributed by atoms with Crippen LogP contribution in [0.1, 0.15) is 19.3 Å². The quantitative estimate of drug-likeness (QED) is 0.808. The van der Waals surface area contributed by atoms with E-state index in [-0.39, 0.29) is 0 Å². The minimum absolute atomic E-state index is 0.678. The molecule has 1 amide bonds. The number of carbonyl (C=O) groups excluding carboxylic acids is 1. The van der Waals surface area contributed by atoms with E-state index in [4.69, 9.17) is 0 Å². The van der Waals surface area contributed by atoms with Gasteiger partial charge in [-0.25, -0.2) is 4.98 Å². The van der Waals surface area contributed by atoms with Crippen LogP contribution in [0.5, 0.6) is 0 Å². The van der Waals surface area contributed by atoms with Crippen molar-refractivity contribution in [3.8, 4) is 0 Å². The number of pyridine rings is 1. The van der Waals surface area contributed by atoms with E-state index in [1.54, 1.807) is 6.20 Å². The number of nitrogens with one attached hydrogen (secondary N) is 1. The Morgan fingerprint density at radius 3 is 2.65 bits per heavy atom. The molecule has 1 aliphatic heterocycles. The first-order valence-corrected chi connectivity index (χ1v) is 6.28. The zero-order chi connectivity index (χ0) is 11.7. The van der Waals surface area contributed by atoms with Gasteiger partial charge in [0.15, 0.2) is 0 Å². The van der Waals surface area contributed by atoms with Gasteiger partial charge in [0.25, 0.3) is 0 Å². The van der Waals surface area contributed by atoms with Crippen LogP contribution in [0.3, 0.4) is 0 Å². The maximum Gasteiger partial charge on any atom is 0.211 e. The van der Waals surface area contributed by atoms with E-state index in [1.165, 1.54) is 19.3 Å². The molecule has 1 saturated carbocycles. The van der Waals surface area contributed by atoms with Gasteiger partial charge in [0.1, 0.15) is 5.82 Å². The minimum atomic E-state index is 0.678. The second-order valence-corrected chi connectivity index (χ2v) is 5.02. The standard InChI is InChI=1S/C13H17N3O/c17-9-15-12-4-5-13(14-6-12)16-7-10-2-1-3-11(10)8-16/h4-6,9-11H,1-3,7-8H2,(H,15,17). The summed E-state index contributed by atoms with van der Waals surface area (Å²) in [6, 6.07) is 3.90. The highest BCUT2D eigenvalue weighted by atomic mass is 16.1.